The van der Waals surface area contributed by atoms with Crippen LogP contribution in [0.1, 0.15) is 5.56 Å². The van der Waals surface area contributed by atoms with E-state index in [1.807, 2.05) is 11.0 Å². The number of aliphatic hydroxyl groups excluding tert-OH is 1. The number of nitrogens with one attached hydrogen (secondary N) is 1. The van der Waals surface area contributed by atoms with E-state index in [0.29, 0.717) is 35.6 Å². The van der Waals surface area contributed by atoms with Gasteiger partial charge in [-0.2, -0.15) is 0 Å². The summed E-state index contributed by atoms with van der Waals surface area (Å²) in [4.78, 5) is 10.5. The molecule has 0 amide bonds. The van der Waals surface area contributed by atoms with Crippen LogP contribution in [0.5, 0.6) is 0 Å². The zero-order valence-electron chi connectivity index (χ0n) is 12.5. The van der Waals surface area contributed by atoms with Gasteiger partial charge in [-0.05, 0) is 33.6 Å². The van der Waals surface area contributed by atoms with Gasteiger partial charge in [0.15, 0.2) is 0 Å². The molecule has 2 aromatic rings. The van der Waals surface area contributed by atoms with Crippen LogP contribution in [0, 0.1) is 0 Å². The van der Waals surface area contributed by atoms with Gasteiger partial charge in [-0.15, -0.1) is 12.4 Å². The van der Waals surface area contributed by atoms with E-state index in [1.165, 1.54) is 0 Å². The van der Waals surface area contributed by atoms with Crippen LogP contribution < -0.4 is 10.2 Å². The van der Waals surface area contributed by atoms with Crippen molar-refractivity contribution >= 4 is 57.5 Å². The van der Waals surface area contributed by atoms with Crippen LogP contribution in [0.3, 0.4) is 0 Å². The lowest BCUT2D eigenvalue weighted by molar-refractivity contribution is 0.163. The molecule has 9 heteroatoms. The number of hydrogen-bond acceptors (Lipinski definition) is 5. The van der Waals surface area contributed by atoms with Crippen molar-refractivity contribution in [1.29, 1.82) is 0 Å². The third-order valence-corrected chi connectivity index (χ3v) is 4.74. The fourth-order valence-electron chi connectivity index (χ4n) is 2.53. The topological polar surface area (TPSA) is 61.3 Å². The van der Waals surface area contributed by atoms with Gasteiger partial charge in [0.05, 0.1) is 16.6 Å². The molecule has 1 aromatic heterocycles. The van der Waals surface area contributed by atoms with Crippen LogP contribution in [0.4, 0.5) is 5.95 Å². The lowest BCUT2D eigenvalue weighted by Gasteiger charge is -2.17. The summed E-state index contributed by atoms with van der Waals surface area (Å²) in [5.41, 5.74) is 0.946. The van der Waals surface area contributed by atoms with Gasteiger partial charge in [0.25, 0.3) is 0 Å². The highest BCUT2D eigenvalue weighted by atomic mass is 79.9. The van der Waals surface area contributed by atoms with Gasteiger partial charge in [-0.25, -0.2) is 9.97 Å². The molecule has 0 aliphatic carbocycles. The first-order chi connectivity index (χ1) is 11.0. The Kier molecular flexibility index (Phi) is 7.10. The summed E-state index contributed by atoms with van der Waals surface area (Å²) < 4.78 is 0.827. The molecule has 5 nitrogen and oxygen atoms in total. The highest BCUT2D eigenvalue weighted by molar-refractivity contribution is 9.10. The number of aromatic nitrogens is 2. The van der Waals surface area contributed by atoms with Crippen molar-refractivity contribution in [3.63, 3.8) is 0 Å². The molecular weight excluding hydrogens is 438 g/mol. The van der Waals surface area contributed by atoms with Crippen LogP contribution in [-0.2, 0) is 6.54 Å². The molecular formula is C15H16BrCl3N4O. The normalized spacial score (nSPS) is 20.1. The van der Waals surface area contributed by atoms with E-state index in [9.17, 15) is 5.11 Å². The van der Waals surface area contributed by atoms with Crippen molar-refractivity contribution in [2.24, 2.45) is 0 Å². The molecule has 1 saturated heterocycles. The van der Waals surface area contributed by atoms with E-state index < -0.39 is 6.10 Å². The SMILES string of the molecule is Cl.O[C@@H]1CN(c2ncc(Br)cn2)C[C@H]1NCc1ccc(Cl)cc1Cl. The van der Waals surface area contributed by atoms with Gasteiger partial charge in [0, 0.05) is 42.1 Å². The molecule has 0 spiro atoms. The van der Waals surface area contributed by atoms with Gasteiger partial charge < -0.3 is 15.3 Å². The summed E-state index contributed by atoms with van der Waals surface area (Å²) in [5.74, 6) is 0.612. The first kappa shape index (κ1) is 19.7. The number of halogens is 4. The first-order valence-corrected chi connectivity index (χ1v) is 8.65. The lowest BCUT2D eigenvalue weighted by atomic mass is 10.2. The van der Waals surface area contributed by atoms with E-state index in [2.05, 4.69) is 31.2 Å². The van der Waals surface area contributed by atoms with E-state index >= 15 is 0 Å². The van der Waals surface area contributed by atoms with E-state index in [1.54, 1.807) is 24.5 Å². The maximum atomic E-state index is 10.2. The predicted molar refractivity (Wildman–Crippen MR) is 102 cm³/mol. The number of hydrogen-bond donors (Lipinski definition) is 2. The number of benzene rings is 1. The first-order valence-electron chi connectivity index (χ1n) is 7.11. The van der Waals surface area contributed by atoms with E-state index in [-0.39, 0.29) is 18.4 Å². The summed E-state index contributed by atoms with van der Waals surface area (Å²) in [6, 6.07) is 5.33. The maximum Gasteiger partial charge on any atom is 0.225 e. The number of aliphatic hydroxyl groups is 1. The summed E-state index contributed by atoms with van der Waals surface area (Å²) in [7, 11) is 0. The lowest BCUT2D eigenvalue weighted by Crippen LogP contribution is -2.38. The average molecular weight is 455 g/mol. The van der Waals surface area contributed by atoms with Crippen molar-refractivity contribution in [2.75, 3.05) is 18.0 Å². The average Bonchev–Trinajstić information content (AvgIpc) is 2.88. The maximum absolute atomic E-state index is 10.2. The second kappa shape index (κ2) is 8.65. The zero-order chi connectivity index (χ0) is 16.4. The minimum absolute atomic E-state index is 0. The number of rotatable bonds is 4. The van der Waals surface area contributed by atoms with Crippen LogP contribution in [-0.4, -0.2) is 40.3 Å². The Labute approximate surface area is 164 Å². The molecule has 2 atom stereocenters. The number of nitrogens with zero attached hydrogens (tertiary/aromatic N) is 3. The molecule has 2 N–H and O–H groups in total. The van der Waals surface area contributed by atoms with Crippen LogP contribution in [0.2, 0.25) is 10.0 Å². The Morgan fingerprint density at radius 2 is 1.96 bits per heavy atom. The third-order valence-electron chi connectivity index (χ3n) is 3.75. The highest BCUT2D eigenvalue weighted by Crippen LogP contribution is 2.22. The predicted octanol–water partition coefficient (Wildman–Crippen LogP) is 3.31. The van der Waals surface area contributed by atoms with Crippen molar-refractivity contribution in [3.8, 4) is 0 Å². The Morgan fingerprint density at radius 1 is 1.25 bits per heavy atom. The highest BCUT2D eigenvalue weighted by Gasteiger charge is 2.32. The monoisotopic (exact) mass is 452 g/mol. The van der Waals surface area contributed by atoms with Crippen molar-refractivity contribution in [3.05, 3.63) is 50.7 Å². The van der Waals surface area contributed by atoms with Gasteiger partial charge >= 0.3 is 0 Å². The summed E-state index contributed by atoms with van der Waals surface area (Å²) >= 11 is 15.4. The van der Waals surface area contributed by atoms with Crippen LogP contribution in [0.15, 0.2) is 35.1 Å². The molecule has 1 aliphatic heterocycles. The van der Waals surface area contributed by atoms with Gasteiger partial charge in [0.2, 0.25) is 5.95 Å². The third kappa shape index (κ3) is 4.71. The second-order valence-corrected chi connectivity index (χ2v) is 7.16. The molecule has 3 rings (SSSR count). The standard InChI is InChI=1S/C15H15BrCl2N4O.ClH/c16-10-5-20-15(21-6-10)22-7-13(14(23)8-22)19-4-9-1-2-11(17)3-12(9)18;/h1-3,5-6,13-14,19,23H,4,7-8H2;1H/t13-,14-;/m1./s1. The van der Waals surface area contributed by atoms with Gasteiger partial charge in [-0.3, -0.25) is 0 Å². The Morgan fingerprint density at radius 3 is 2.62 bits per heavy atom. The smallest absolute Gasteiger partial charge is 0.225 e. The molecule has 1 aromatic carbocycles. The Balaban J connectivity index is 0.00000208. The minimum atomic E-state index is -0.492. The van der Waals surface area contributed by atoms with Crippen molar-refractivity contribution in [1.82, 2.24) is 15.3 Å². The Hall–Kier alpha value is -0.630. The fraction of sp³-hybridized carbons (Fsp3) is 0.333. The molecule has 0 bridgehead atoms. The Bertz CT molecular complexity index is 689. The van der Waals surface area contributed by atoms with E-state index in [4.69, 9.17) is 23.2 Å². The zero-order valence-corrected chi connectivity index (χ0v) is 16.4. The van der Waals surface area contributed by atoms with Gasteiger partial charge in [-0.1, -0.05) is 29.3 Å². The summed E-state index contributed by atoms with van der Waals surface area (Å²) in [6.45, 7) is 1.69. The minimum Gasteiger partial charge on any atom is -0.390 e. The fourth-order valence-corrected chi connectivity index (χ4v) is 3.21. The molecule has 0 radical (unpaired) electrons. The molecule has 130 valence electrons. The summed E-state index contributed by atoms with van der Waals surface area (Å²) in [5, 5.41) is 14.8. The second-order valence-electron chi connectivity index (χ2n) is 5.40. The van der Waals surface area contributed by atoms with Crippen LogP contribution in [0.25, 0.3) is 0 Å². The quantitative estimate of drug-likeness (QED) is 0.742. The number of anilines is 1. The van der Waals surface area contributed by atoms with Crippen molar-refractivity contribution < 1.29 is 5.11 Å². The molecule has 1 fully saturated rings. The molecule has 1 aliphatic rings. The number of β-amino-alcohol motifs (C(OH)–C–C–N with tert-alkyl or cyclic N) is 1. The van der Waals surface area contributed by atoms with Crippen LogP contribution >= 0.6 is 51.5 Å². The van der Waals surface area contributed by atoms with E-state index in [0.717, 1.165) is 10.0 Å². The molecule has 2 heterocycles. The van der Waals surface area contributed by atoms with Gasteiger partial charge in [0.1, 0.15) is 0 Å². The molecule has 0 unspecified atom stereocenters. The molecule has 0 saturated carbocycles. The largest absolute Gasteiger partial charge is 0.390 e. The summed E-state index contributed by atoms with van der Waals surface area (Å²) in [6.07, 6.45) is 2.90. The van der Waals surface area contributed by atoms with Crippen molar-refractivity contribution in [2.45, 2.75) is 18.7 Å². The molecule has 24 heavy (non-hydrogen) atoms.